The number of anilines is 2. The summed E-state index contributed by atoms with van der Waals surface area (Å²) in [5, 5.41) is 4.22. The number of benzene rings is 1. The number of piperazine rings is 1. The first kappa shape index (κ1) is 27.4. The summed E-state index contributed by atoms with van der Waals surface area (Å²) in [5.74, 6) is -0.0286. The number of rotatable bonds is 8. The van der Waals surface area contributed by atoms with Crippen molar-refractivity contribution in [2.45, 2.75) is 19.9 Å². The first-order valence-corrected chi connectivity index (χ1v) is 14.1. The highest BCUT2D eigenvalue weighted by molar-refractivity contribution is 7.19. The van der Waals surface area contributed by atoms with E-state index < -0.39 is 5.82 Å². The summed E-state index contributed by atoms with van der Waals surface area (Å²) in [6, 6.07) is 4.46. The lowest BCUT2D eigenvalue weighted by Gasteiger charge is -2.33. The lowest BCUT2D eigenvalue weighted by Crippen LogP contribution is -2.48. The Kier molecular flexibility index (Phi) is 8.71. The maximum absolute atomic E-state index is 13.6. The number of halogens is 2. The van der Waals surface area contributed by atoms with E-state index in [0.29, 0.717) is 50.7 Å². The van der Waals surface area contributed by atoms with Gasteiger partial charge in [0.05, 0.1) is 30.1 Å². The van der Waals surface area contributed by atoms with Crippen molar-refractivity contribution in [3.63, 3.8) is 0 Å². The van der Waals surface area contributed by atoms with Gasteiger partial charge in [-0.1, -0.05) is 17.7 Å². The number of fused-ring (bicyclic) bond motifs is 3. The molecule has 0 radical (unpaired) electrons. The van der Waals surface area contributed by atoms with Crippen LogP contribution >= 0.6 is 22.9 Å². The SMILES string of the molecule is CCOC(=O)CN1CCN(C/C=C/C(=O)N2CCc3c(sc4ncnc(Nc5ccc(F)c(Cl)c5)c34)C2)CC1. The number of aromatic nitrogens is 2. The van der Waals surface area contributed by atoms with E-state index in [-0.39, 0.29) is 16.9 Å². The second kappa shape index (κ2) is 12.4. The van der Waals surface area contributed by atoms with Crippen molar-refractivity contribution >= 4 is 56.5 Å². The Morgan fingerprint density at radius 3 is 2.74 bits per heavy atom. The van der Waals surface area contributed by atoms with Crippen LogP contribution in [-0.4, -0.2) is 89.0 Å². The summed E-state index contributed by atoms with van der Waals surface area (Å²) in [5.41, 5.74) is 1.78. The zero-order chi connectivity index (χ0) is 27.4. The third-order valence-electron chi connectivity index (χ3n) is 6.88. The largest absolute Gasteiger partial charge is 0.465 e. The summed E-state index contributed by atoms with van der Waals surface area (Å²) in [6.07, 6.45) is 5.78. The predicted molar refractivity (Wildman–Crippen MR) is 150 cm³/mol. The number of esters is 1. The summed E-state index contributed by atoms with van der Waals surface area (Å²) in [6.45, 7) is 7.64. The molecule has 39 heavy (non-hydrogen) atoms. The molecular weight excluding hydrogens is 543 g/mol. The fraction of sp³-hybridized carbons (Fsp3) is 0.407. The van der Waals surface area contributed by atoms with Gasteiger partial charge < -0.3 is 15.0 Å². The van der Waals surface area contributed by atoms with Gasteiger partial charge in [0.25, 0.3) is 0 Å². The zero-order valence-corrected chi connectivity index (χ0v) is 23.2. The van der Waals surface area contributed by atoms with Crippen LogP contribution < -0.4 is 5.32 Å². The van der Waals surface area contributed by atoms with Gasteiger partial charge in [0.2, 0.25) is 5.91 Å². The molecule has 1 N–H and O–H groups in total. The molecule has 2 aromatic heterocycles. The number of carbonyl (C=O) groups is 2. The third-order valence-corrected chi connectivity index (χ3v) is 8.29. The van der Waals surface area contributed by atoms with Gasteiger partial charge in [-0.15, -0.1) is 11.3 Å². The van der Waals surface area contributed by atoms with Crippen molar-refractivity contribution in [1.29, 1.82) is 0 Å². The molecule has 1 fully saturated rings. The second-order valence-corrected chi connectivity index (χ2v) is 10.9. The van der Waals surface area contributed by atoms with E-state index in [1.165, 1.54) is 18.5 Å². The molecule has 2 aliphatic rings. The smallest absolute Gasteiger partial charge is 0.320 e. The molecule has 1 saturated heterocycles. The van der Waals surface area contributed by atoms with E-state index in [9.17, 15) is 14.0 Å². The maximum atomic E-state index is 13.6. The van der Waals surface area contributed by atoms with Crippen LogP contribution in [0.1, 0.15) is 17.4 Å². The van der Waals surface area contributed by atoms with Crippen LogP contribution in [0.3, 0.4) is 0 Å². The lowest BCUT2D eigenvalue weighted by molar-refractivity contribution is -0.144. The van der Waals surface area contributed by atoms with Gasteiger partial charge in [-0.25, -0.2) is 14.4 Å². The Morgan fingerprint density at radius 2 is 1.97 bits per heavy atom. The van der Waals surface area contributed by atoms with Gasteiger partial charge in [-0.3, -0.25) is 19.4 Å². The van der Waals surface area contributed by atoms with Gasteiger partial charge in [-0.2, -0.15) is 0 Å². The normalized spacial score (nSPS) is 16.5. The van der Waals surface area contributed by atoms with Crippen LogP contribution in [0.25, 0.3) is 10.2 Å². The van der Waals surface area contributed by atoms with Crippen LogP contribution in [0.15, 0.2) is 36.7 Å². The van der Waals surface area contributed by atoms with Crippen LogP contribution in [0, 0.1) is 5.82 Å². The number of nitrogens with zero attached hydrogens (tertiary/aromatic N) is 5. The number of amides is 1. The number of ether oxygens (including phenoxy) is 1. The first-order valence-electron chi connectivity index (χ1n) is 12.9. The predicted octanol–water partition coefficient (Wildman–Crippen LogP) is 3.85. The monoisotopic (exact) mass is 572 g/mol. The summed E-state index contributed by atoms with van der Waals surface area (Å²) in [7, 11) is 0. The third kappa shape index (κ3) is 6.55. The van der Waals surface area contributed by atoms with E-state index in [0.717, 1.165) is 46.8 Å². The maximum Gasteiger partial charge on any atom is 0.320 e. The van der Waals surface area contributed by atoms with Crippen LogP contribution in [-0.2, 0) is 27.3 Å². The fourth-order valence-corrected chi connectivity index (χ4v) is 6.23. The zero-order valence-electron chi connectivity index (χ0n) is 21.7. The van der Waals surface area contributed by atoms with Gasteiger partial charge in [-0.05, 0) is 37.1 Å². The highest BCUT2D eigenvalue weighted by Crippen LogP contribution is 2.38. The van der Waals surface area contributed by atoms with Gasteiger partial charge in [0.1, 0.15) is 22.8 Å². The Balaban J connectivity index is 1.17. The number of hydrogen-bond acceptors (Lipinski definition) is 9. The van der Waals surface area contributed by atoms with Crippen molar-refractivity contribution < 1.29 is 18.7 Å². The molecule has 1 aromatic carbocycles. The van der Waals surface area contributed by atoms with Crippen molar-refractivity contribution in [3.8, 4) is 0 Å². The highest BCUT2D eigenvalue weighted by Gasteiger charge is 2.26. The first-order chi connectivity index (χ1) is 18.9. The molecule has 0 saturated carbocycles. The summed E-state index contributed by atoms with van der Waals surface area (Å²) >= 11 is 7.51. The molecule has 3 aromatic rings. The average Bonchev–Trinajstić information content (AvgIpc) is 3.30. The quantitative estimate of drug-likeness (QED) is 0.322. The van der Waals surface area contributed by atoms with Gasteiger partial charge in [0.15, 0.2) is 0 Å². The Labute approximate surface area is 235 Å². The standard InChI is InChI=1S/C27H30ClFN6O3S/c1-2-38-24(37)16-34-12-10-33(11-13-34)8-3-4-23(36)35-9-7-19-22(15-35)39-27-25(19)26(30-17-31-27)32-18-5-6-21(29)20(28)14-18/h3-6,14,17H,2,7-13,15-16H2,1H3,(H,30,31,32)/b4-3+. The molecule has 0 aliphatic carbocycles. The molecule has 5 rings (SSSR count). The van der Waals surface area contributed by atoms with E-state index in [4.69, 9.17) is 16.3 Å². The Hall–Kier alpha value is -3.12. The second-order valence-electron chi connectivity index (χ2n) is 9.45. The van der Waals surface area contributed by atoms with Crippen molar-refractivity contribution in [1.82, 2.24) is 24.7 Å². The molecule has 0 unspecified atom stereocenters. The molecule has 206 valence electrons. The van der Waals surface area contributed by atoms with Crippen molar-refractivity contribution in [3.05, 3.63) is 58.0 Å². The van der Waals surface area contributed by atoms with Gasteiger partial charge in [0, 0.05) is 55.9 Å². The molecule has 0 spiro atoms. The Bertz CT molecular complexity index is 1390. The molecular formula is C27H30ClFN6O3S. The minimum atomic E-state index is -0.477. The molecule has 4 heterocycles. The van der Waals surface area contributed by atoms with Crippen LogP contribution in [0.5, 0.6) is 0 Å². The molecule has 9 nitrogen and oxygen atoms in total. The molecule has 0 atom stereocenters. The van der Waals surface area contributed by atoms with E-state index >= 15 is 0 Å². The van der Waals surface area contributed by atoms with E-state index in [2.05, 4.69) is 25.1 Å². The number of thiophene rings is 1. The number of nitrogens with one attached hydrogen (secondary N) is 1. The molecule has 12 heteroatoms. The molecule has 0 bridgehead atoms. The van der Waals surface area contributed by atoms with Crippen LogP contribution in [0.4, 0.5) is 15.9 Å². The van der Waals surface area contributed by atoms with Crippen molar-refractivity contribution in [2.75, 3.05) is 57.7 Å². The number of hydrogen-bond donors (Lipinski definition) is 1. The Morgan fingerprint density at radius 1 is 1.18 bits per heavy atom. The lowest BCUT2D eigenvalue weighted by atomic mass is 10.0. The van der Waals surface area contributed by atoms with E-state index in [1.54, 1.807) is 23.5 Å². The molecule has 1 amide bonds. The van der Waals surface area contributed by atoms with E-state index in [1.807, 2.05) is 17.9 Å². The minimum Gasteiger partial charge on any atom is -0.465 e. The van der Waals surface area contributed by atoms with Crippen LogP contribution in [0.2, 0.25) is 5.02 Å². The highest BCUT2D eigenvalue weighted by atomic mass is 35.5. The molecule has 2 aliphatic heterocycles. The fourth-order valence-electron chi connectivity index (χ4n) is 4.85. The van der Waals surface area contributed by atoms with Gasteiger partial charge >= 0.3 is 5.97 Å². The average molecular weight is 573 g/mol. The topological polar surface area (TPSA) is 90.9 Å². The number of carbonyl (C=O) groups excluding carboxylic acids is 2. The minimum absolute atomic E-state index is 0.00978. The summed E-state index contributed by atoms with van der Waals surface area (Å²) in [4.78, 5) is 41.7. The summed E-state index contributed by atoms with van der Waals surface area (Å²) < 4.78 is 18.6. The van der Waals surface area contributed by atoms with Crippen molar-refractivity contribution in [2.24, 2.45) is 0 Å².